The Labute approximate surface area is 158 Å². The Kier molecular flexibility index (Phi) is 7.66. The minimum Gasteiger partial charge on any atom is -0.466 e. The smallest absolute Gasteiger partial charge is 0.308 e. The first-order valence-corrected chi connectivity index (χ1v) is 9.06. The SMILES string of the molecule is CCCCOC(=O)CC1C(=O)NCCN1C(=O)/C=C/c1ccc(Cl)cc1. The van der Waals surface area contributed by atoms with Crippen LogP contribution in [0.25, 0.3) is 6.08 Å². The first kappa shape index (κ1) is 20.0. The zero-order valence-corrected chi connectivity index (χ0v) is 15.5. The highest BCUT2D eigenvalue weighted by Gasteiger charge is 2.34. The lowest BCUT2D eigenvalue weighted by atomic mass is 10.1. The molecule has 0 aliphatic carbocycles. The summed E-state index contributed by atoms with van der Waals surface area (Å²) < 4.78 is 5.11. The standard InChI is InChI=1S/C19H23ClN2O4/c1-2-3-12-26-18(24)13-16-19(25)21-10-11-22(16)17(23)9-6-14-4-7-15(20)8-5-14/h4-9,16H,2-3,10-13H2,1H3,(H,21,25)/b9-6+. The molecule has 0 bridgehead atoms. The number of hydrogen-bond donors (Lipinski definition) is 1. The normalized spacial score (nSPS) is 17.2. The topological polar surface area (TPSA) is 75.7 Å². The van der Waals surface area contributed by atoms with E-state index in [4.69, 9.17) is 16.3 Å². The molecule has 1 saturated heterocycles. The van der Waals surface area contributed by atoms with Gasteiger partial charge in [-0.1, -0.05) is 37.1 Å². The van der Waals surface area contributed by atoms with Crippen molar-refractivity contribution in [2.75, 3.05) is 19.7 Å². The predicted molar refractivity (Wildman–Crippen MR) is 99.5 cm³/mol. The number of piperazine rings is 1. The van der Waals surface area contributed by atoms with Crippen LogP contribution in [-0.2, 0) is 19.1 Å². The molecule has 26 heavy (non-hydrogen) atoms. The Morgan fingerprint density at radius 3 is 2.77 bits per heavy atom. The summed E-state index contributed by atoms with van der Waals surface area (Å²) in [6.07, 6.45) is 4.60. The molecular formula is C19H23ClN2O4. The van der Waals surface area contributed by atoms with E-state index in [0.29, 0.717) is 24.7 Å². The van der Waals surface area contributed by atoms with Crippen LogP contribution in [0.5, 0.6) is 0 Å². The predicted octanol–water partition coefficient (Wildman–Crippen LogP) is 2.41. The van der Waals surface area contributed by atoms with E-state index >= 15 is 0 Å². The van der Waals surface area contributed by atoms with E-state index in [1.54, 1.807) is 30.3 Å². The summed E-state index contributed by atoms with van der Waals surface area (Å²) in [5.74, 6) is -1.13. The number of carbonyl (C=O) groups excluding carboxylic acids is 3. The molecule has 1 heterocycles. The van der Waals surface area contributed by atoms with Gasteiger partial charge in [0, 0.05) is 24.2 Å². The van der Waals surface area contributed by atoms with Gasteiger partial charge < -0.3 is 15.0 Å². The van der Waals surface area contributed by atoms with E-state index < -0.39 is 12.0 Å². The van der Waals surface area contributed by atoms with Crippen molar-refractivity contribution in [2.45, 2.75) is 32.2 Å². The number of unbranched alkanes of at least 4 members (excludes halogenated alkanes) is 1. The monoisotopic (exact) mass is 378 g/mol. The Balaban J connectivity index is 2.01. The molecule has 1 unspecified atom stereocenters. The van der Waals surface area contributed by atoms with Crippen molar-refractivity contribution in [3.63, 3.8) is 0 Å². The fraction of sp³-hybridized carbons (Fsp3) is 0.421. The molecule has 0 radical (unpaired) electrons. The number of hydrogen-bond acceptors (Lipinski definition) is 4. The third-order valence-electron chi connectivity index (χ3n) is 4.02. The van der Waals surface area contributed by atoms with Crippen LogP contribution in [-0.4, -0.2) is 48.4 Å². The summed E-state index contributed by atoms with van der Waals surface area (Å²) in [7, 11) is 0. The first-order chi connectivity index (χ1) is 12.5. The molecule has 2 amide bonds. The molecule has 140 valence electrons. The van der Waals surface area contributed by atoms with Gasteiger partial charge in [0.1, 0.15) is 6.04 Å². The van der Waals surface area contributed by atoms with E-state index in [9.17, 15) is 14.4 Å². The molecule has 2 rings (SSSR count). The molecular weight excluding hydrogens is 356 g/mol. The van der Waals surface area contributed by atoms with Crippen LogP contribution in [0.4, 0.5) is 0 Å². The number of carbonyl (C=O) groups is 3. The van der Waals surface area contributed by atoms with Crippen LogP contribution in [0.2, 0.25) is 5.02 Å². The maximum Gasteiger partial charge on any atom is 0.308 e. The van der Waals surface area contributed by atoms with Crippen LogP contribution in [0.3, 0.4) is 0 Å². The zero-order valence-electron chi connectivity index (χ0n) is 14.7. The van der Waals surface area contributed by atoms with Gasteiger partial charge in [0.2, 0.25) is 11.8 Å². The Morgan fingerprint density at radius 2 is 2.08 bits per heavy atom. The van der Waals surface area contributed by atoms with Gasteiger partial charge in [-0.15, -0.1) is 0 Å². The van der Waals surface area contributed by atoms with Gasteiger partial charge in [-0.25, -0.2) is 0 Å². The number of rotatable bonds is 7. The minimum atomic E-state index is -0.847. The molecule has 1 aliphatic heterocycles. The second-order valence-electron chi connectivity index (χ2n) is 6.00. The minimum absolute atomic E-state index is 0.143. The van der Waals surface area contributed by atoms with Gasteiger partial charge in [-0.3, -0.25) is 14.4 Å². The highest BCUT2D eigenvalue weighted by molar-refractivity contribution is 6.30. The van der Waals surface area contributed by atoms with Gasteiger partial charge in [-0.05, 0) is 30.2 Å². The van der Waals surface area contributed by atoms with E-state index in [-0.39, 0.29) is 18.2 Å². The maximum atomic E-state index is 12.5. The molecule has 1 aromatic rings. The van der Waals surface area contributed by atoms with E-state index in [1.807, 2.05) is 6.92 Å². The maximum absolute atomic E-state index is 12.5. The number of benzene rings is 1. The van der Waals surface area contributed by atoms with Crippen molar-refractivity contribution < 1.29 is 19.1 Å². The van der Waals surface area contributed by atoms with Crippen molar-refractivity contribution in [1.29, 1.82) is 0 Å². The summed E-state index contributed by atoms with van der Waals surface area (Å²) in [4.78, 5) is 38.0. The second-order valence-corrected chi connectivity index (χ2v) is 6.44. The van der Waals surface area contributed by atoms with Crippen LogP contribution in [0, 0.1) is 0 Å². The van der Waals surface area contributed by atoms with Crippen molar-refractivity contribution in [1.82, 2.24) is 10.2 Å². The van der Waals surface area contributed by atoms with E-state index in [2.05, 4.69) is 5.32 Å². The molecule has 7 heteroatoms. The number of esters is 1. The number of halogens is 1. The summed E-state index contributed by atoms with van der Waals surface area (Å²) in [5.41, 5.74) is 0.819. The summed E-state index contributed by atoms with van der Waals surface area (Å²) in [5, 5.41) is 3.30. The van der Waals surface area contributed by atoms with Gasteiger partial charge in [0.25, 0.3) is 0 Å². The second kappa shape index (κ2) is 9.97. The van der Waals surface area contributed by atoms with Crippen LogP contribution in [0.15, 0.2) is 30.3 Å². The number of nitrogens with zero attached hydrogens (tertiary/aromatic N) is 1. The van der Waals surface area contributed by atoms with Crippen molar-refractivity contribution >= 4 is 35.5 Å². The van der Waals surface area contributed by atoms with Crippen LogP contribution >= 0.6 is 11.6 Å². The lowest BCUT2D eigenvalue weighted by Crippen LogP contribution is -2.57. The van der Waals surface area contributed by atoms with Gasteiger partial charge in [0.15, 0.2) is 0 Å². The number of ether oxygens (including phenoxy) is 1. The zero-order chi connectivity index (χ0) is 18.9. The number of amides is 2. The van der Waals surface area contributed by atoms with Crippen molar-refractivity contribution in [2.24, 2.45) is 0 Å². The Bertz CT molecular complexity index is 673. The lowest BCUT2D eigenvalue weighted by Gasteiger charge is -2.33. The lowest BCUT2D eigenvalue weighted by molar-refractivity contribution is -0.150. The Morgan fingerprint density at radius 1 is 1.35 bits per heavy atom. The molecule has 1 atom stereocenters. The molecule has 1 N–H and O–H groups in total. The van der Waals surface area contributed by atoms with Crippen molar-refractivity contribution in [3.05, 3.63) is 40.9 Å². The Hall–Kier alpha value is -2.34. The fourth-order valence-corrected chi connectivity index (χ4v) is 2.69. The third kappa shape index (κ3) is 5.88. The average molecular weight is 379 g/mol. The van der Waals surface area contributed by atoms with Crippen molar-refractivity contribution in [3.8, 4) is 0 Å². The molecule has 0 aromatic heterocycles. The van der Waals surface area contributed by atoms with E-state index in [0.717, 1.165) is 18.4 Å². The average Bonchev–Trinajstić information content (AvgIpc) is 2.63. The summed E-state index contributed by atoms with van der Waals surface area (Å²) in [6, 6.07) is 6.19. The third-order valence-corrected chi connectivity index (χ3v) is 4.28. The molecule has 0 saturated carbocycles. The highest BCUT2D eigenvalue weighted by atomic mass is 35.5. The quantitative estimate of drug-likeness (QED) is 0.449. The molecule has 0 spiro atoms. The van der Waals surface area contributed by atoms with Gasteiger partial charge >= 0.3 is 5.97 Å². The number of nitrogens with one attached hydrogen (secondary N) is 1. The van der Waals surface area contributed by atoms with E-state index in [1.165, 1.54) is 11.0 Å². The van der Waals surface area contributed by atoms with Crippen LogP contribution < -0.4 is 5.32 Å². The fourth-order valence-electron chi connectivity index (χ4n) is 2.57. The molecule has 1 aliphatic rings. The molecule has 6 nitrogen and oxygen atoms in total. The molecule has 1 fully saturated rings. The summed E-state index contributed by atoms with van der Waals surface area (Å²) >= 11 is 5.84. The van der Waals surface area contributed by atoms with Gasteiger partial charge in [0.05, 0.1) is 13.0 Å². The summed E-state index contributed by atoms with van der Waals surface area (Å²) in [6.45, 7) is 3.03. The highest BCUT2D eigenvalue weighted by Crippen LogP contribution is 2.14. The van der Waals surface area contributed by atoms with Gasteiger partial charge in [-0.2, -0.15) is 0 Å². The largest absolute Gasteiger partial charge is 0.466 e. The first-order valence-electron chi connectivity index (χ1n) is 8.69. The molecule has 1 aromatic carbocycles. The van der Waals surface area contributed by atoms with Crippen LogP contribution in [0.1, 0.15) is 31.7 Å².